The normalized spacial score (nSPS) is 19.6. The molecule has 1 aliphatic heterocycles. The van der Waals surface area contributed by atoms with Crippen LogP contribution in [0.2, 0.25) is 0 Å². The van der Waals surface area contributed by atoms with E-state index < -0.39 is 0 Å². The highest BCUT2D eigenvalue weighted by atomic mass is 19.1. The van der Waals surface area contributed by atoms with Crippen molar-refractivity contribution >= 4 is 5.91 Å². The lowest BCUT2D eigenvalue weighted by Crippen LogP contribution is -2.34. The predicted octanol–water partition coefficient (Wildman–Crippen LogP) is 3.45. The van der Waals surface area contributed by atoms with E-state index in [2.05, 4.69) is 20.2 Å². The van der Waals surface area contributed by atoms with Crippen LogP contribution in [0.25, 0.3) is 11.4 Å². The molecule has 1 saturated heterocycles. The Morgan fingerprint density at radius 1 is 1.09 bits per heavy atom. The summed E-state index contributed by atoms with van der Waals surface area (Å²) in [5.41, 5.74) is 1.94. The number of H-pyrrole nitrogens is 1. The highest BCUT2D eigenvalue weighted by molar-refractivity contribution is 5.78. The Balaban J connectivity index is 1.31. The van der Waals surface area contributed by atoms with Crippen LogP contribution in [-0.4, -0.2) is 47.0 Å². The summed E-state index contributed by atoms with van der Waals surface area (Å²) in [7, 11) is 0. The number of hydrogen-bond donors (Lipinski definition) is 2. The third kappa shape index (κ3) is 5.82. The van der Waals surface area contributed by atoms with Gasteiger partial charge < -0.3 is 15.2 Å². The Morgan fingerprint density at radius 3 is 2.56 bits per heavy atom. The summed E-state index contributed by atoms with van der Waals surface area (Å²) >= 11 is 0. The molecular formula is C25H33FN4O2. The molecule has 1 unspecified atom stereocenters. The molecule has 2 heterocycles. The van der Waals surface area contributed by atoms with Crippen LogP contribution in [0.1, 0.15) is 56.2 Å². The van der Waals surface area contributed by atoms with Crippen molar-refractivity contribution in [2.24, 2.45) is 5.92 Å². The van der Waals surface area contributed by atoms with Crippen molar-refractivity contribution in [3.05, 3.63) is 51.7 Å². The van der Waals surface area contributed by atoms with E-state index in [4.69, 9.17) is 0 Å². The van der Waals surface area contributed by atoms with E-state index in [1.165, 1.54) is 50.9 Å². The predicted molar refractivity (Wildman–Crippen MR) is 123 cm³/mol. The number of nitrogens with zero attached hydrogens (tertiary/aromatic N) is 2. The van der Waals surface area contributed by atoms with Crippen LogP contribution in [0.3, 0.4) is 0 Å². The molecule has 1 atom stereocenters. The van der Waals surface area contributed by atoms with Gasteiger partial charge in [-0.15, -0.1) is 0 Å². The van der Waals surface area contributed by atoms with Crippen molar-refractivity contribution in [1.82, 2.24) is 20.2 Å². The minimum absolute atomic E-state index is 0.0869. The van der Waals surface area contributed by atoms with Gasteiger partial charge in [-0.2, -0.15) is 0 Å². The topological polar surface area (TPSA) is 78.1 Å². The fraction of sp³-hybridized carbons (Fsp3) is 0.560. The maximum Gasteiger partial charge on any atom is 0.254 e. The van der Waals surface area contributed by atoms with E-state index in [1.54, 1.807) is 12.1 Å². The van der Waals surface area contributed by atoms with Gasteiger partial charge in [-0.3, -0.25) is 9.59 Å². The standard InChI is InChI=1S/C25H33FN4O2/c26-20-10-6-18(7-11-20)23-28-22-13-9-19(8-12-21(22)25(32)29-23)24(31)27-14-5-17-30-15-3-1-2-4-16-30/h6-7,10-11,19H,1-5,8-9,12-17H2,(H,27,31)(H,28,29,32). The first-order chi connectivity index (χ1) is 15.6. The number of aromatic nitrogens is 2. The molecule has 4 rings (SSSR count). The van der Waals surface area contributed by atoms with Crippen LogP contribution < -0.4 is 10.9 Å². The van der Waals surface area contributed by atoms with Crippen molar-refractivity contribution in [2.45, 2.75) is 57.8 Å². The summed E-state index contributed by atoms with van der Waals surface area (Å²) in [6.45, 7) is 4.10. The van der Waals surface area contributed by atoms with Gasteiger partial charge in [0.05, 0.1) is 5.69 Å². The molecule has 7 heteroatoms. The van der Waals surface area contributed by atoms with Crippen LogP contribution >= 0.6 is 0 Å². The fourth-order valence-corrected chi connectivity index (χ4v) is 4.81. The molecule has 172 valence electrons. The van der Waals surface area contributed by atoms with Crippen molar-refractivity contribution in [2.75, 3.05) is 26.2 Å². The van der Waals surface area contributed by atoms with E-state index in [-0.39, 0.29) is 23.2 Å². The summed E-state index contributed by atoms with van der Waals surface area (Å²) in [6, 6.07) is 5.93. The van der Waals surface area contributed by atoms with Gasteiger partial charge in [0, 0.05) is 23.6 Å². The third-order valence-electron chi connectivity index (χ3n) is 6.71. The molecule has 1 aromatic carbocycles. The highest BCUT2D eigenvalue weighted by Gasteiger charge is 2.25. The van der Waals surface area contributed by atoms with Gasteiger partial charge in [0.15, 0.2) is 0 Å². The molecule has 0 saturated carbocycles. The second-order valence-electron chi connectivity index (χ2n) is 9.02. The molecule has 2 N–H and O–H groups in total. The van der Waals surface area contributed by atoms with Crippen LogP contribution in [0, 0.1) is 11.7 Å². The lowest BCUT2D eigenvalue weighted by atomic mass is 9.99. The number of halogens is 1. The first-order valence-electron chi connectivity index (χ1n) is 12.0. The second-order valence-corrected chi connectivity index (χ2v) is 9.02. The lowest BCUT2D eigenvalue weighted by molar-refractivity contribution is -0.125. The maximum atomic E-state index is 13.2. The van der Waals surface area contributed by atoms with Crippen molar-refractivity contribution < 1.29 is 9.18 Å². The van der Waals surface area contributed by atoms with Crippen LogP contribution in [0.15, 0.2) is 29.1 Å². The van der Waals surface area contributed by atoms with E-state index in [1.807, 2.05) is 0 Å². The number of carbonyl (C=O) groups excluding carboxylic acids is 1. The summed E-state index contributed by atoms with van der Waals surface area (Å²) in [5.74, 6) is 0.108. The Kier molecular flexibility index (Phi) is 7.68. The van der Waals surface area contributed by atoms with E-state index in [0.29, 0.717) is 49.2 Å². The number of carbonyl (C=O) groups is 1. The molecular weight excluding hydrogens is 407 g/mol. The molecule has 0 spiro atoms. The maximum absolute atomic E-state index is 13.2. The van der Waals surface area contributed by atoms with Gasteiger partial charge in [0.1, 0.15) is 11.6 Å². The molecule has 32 heavy (non-hydrogen) atoms. The zero-order valence-electron chi connectivity index (χ0n) is 18.7. The zero-order chi connectivity index (χ0) is 22.3. The number of likely N-dealkylation sites (tertiary alicyclic amines) is 1. The van der Waals surface area contributed by atoms with E-state index in [9.17, 15) is 14.0 Å². The summed E-state index contributed by atoms with van der Waals surface area (Å²) in [6.07, 6.45) is 8.69. The summed E-state index contributed by atoms with van der Waals surface area (Å²) in [5, 5.41) is 3.11. The number of rotatable bonds is 6. The molecule has 2 aliphatic rings. The molecule has 0 bridgehead atoms. The molecule has 1 aliphatic carbocycles. The minimum atomic E-state index is -0.328. The number of nitrogens with one attached hydrogen (secondary N) is 2. The van der Waals surface area contributed by atoms with Gasteiger partial charge in [0.2, 0.25) is 5.91 Å². The Labute approximate surface area is 188 Å². The number of fused-ring (bicyclic) bond motifs is 1. The van der Waals surface area contributed by atoms with Gasteiger partial charge in [-0.1, -0.05) is 12.8 Å². The Bertz CT molecular complexity index is 965. The average Bonchev–Trinajstić information content (AvgIpc) is 3.18. The van der Waals surface area contributed by atoms with Crippen molar-refractivity contribution in [1.29, 1.82) is 0 Å². The fourth-order valence-electron chi connectivity index (χ4n) is 4.81. The Morgan fingerprint density at radius 2 is 1.81 bits per heavy atom. The molecule has 2 aromatic rings. The number of hydrogen-bond acceptors (Lipinski definition) is 4. The quantitative estimate of drug-likeness (QED) is 0.533. The summed E-state index contributed by atoms with van der Waals surface area (Å²) < 4.78 is 13.2. The minimum Gasteiger partial charge on any atom is -0.356 e. The molecule has 0 radical (unpaired) electrons. The first kappa shape index (κ1) is 22.6. The lowest BCUT2D eigenvalue weighted by Gasteiger charge is -2.20. The molecule has 1 amide bonds. The SMILES string of the molecule is O=C(NCCCN1CCCCCC1)C1CCc2nc(-c3ccc(F)cc3)[nH]c(=O)c2CC1. The van der Waals surface area contributed by atoms with Gasteiger partial charge in [-0.05, 0) is 88.8 Å². The third-order valence-corrected chi connectivity index (χ3v) is 6.71. The number of aromatic amines is 1. The van der Waals surface area contributed by atoms with E-state index in [0.717, 1.165) is 18.7 Å². The van der Waals surface area contributed by atoms with Crippen molar-refractivity contribution in [3.63, 3.8) is 0 Å². The largest absolute Gasteiger partial charge is 0.356 e. The highest BCUT2D eigenvalue weighted by Crippen LogP contribution is 2.24. The van der Waals surface area contributed by atoms with Crippen molar-refractivity contribution in [3.8, 4) is 11.4 Å². The van der Waals surface area contributed by atoms with Gasteiger partial charge in [-0.25, -0.2) is 9.37 Å². The van der Waals surface area contributed by atoms with Crippen LogP contribution in [0.5, 0.6) is 0 Å². The molecule has 1 aromatic heterocycles. The van der Waals surface area contributed by atoms with E-state index >= 15 is 0 Å². The average molecular weight is 441 g/mol. The first-order valence-corrected chi connectivity index (χ1v) is 12.0. The summed E-state index contributed by atoms with van der Waals surface area (Å²) in [4.78, 5) is 35.4. The monoisotopic (exact) mass is 440 g/mol. The molecule has 1 fully saturated rings. The smallest absolute Gasteiger partial charge is 0.254 e. The number of amides is 1. The van der Waals surface area contributed by atoms with Crippen LogP contribution in [-0.2, 0) is 17.6 Å². The van der Waals surface area contributed by atoms with Gasteiger partial charge in [0.25, 0.3) is 5.56 Å². The number of aryl methyl sites for hydroxylation is 1. The second kappa shape index (κ2) is 10.9. The zero-order valence-corrected chi connectivity index (χ0v) is 18.7. The molecule has 6 nitrogen and oxygen atoms in total. The van der Waals surface area contributed by atoms with Crippen LogP contribution in [0.4, 0.5) is 4.39 Å². The Hall–Kier alpha value is -2.54. The van der Waals surface area contributed by atoms with Gasteiger partial charge >= 0.3 is 0 Å². The number of benzene rings is 1.